The Labute approximate surface area is 86.6 Å². The fourth-order valence-electron chi connectivity index (χ4n) is 1.60. The second kappa shape index (κ2) is 3.43. The smallest absolute Gasteiger partial charge is 0.337 e. The molecule has 0 saturated carbocycles. The third-order valence-electron chi connectivity index (χ3n) is 2.48. The summed E-state index contributed by atoms with van der Waals surface area (Å²) in [5.74, 6) is -0.406. The molecule has 1 unspecified atom stereocenters. The van der Waals surface area contributed by atoms with Crippen molar-refractivity contribution >= 4 is 11.8 Å². The molecule has 0 radical (unpaired) electrons. The number of carbonyl (C=O) groups is 1. The molecule has 5 nitrogen and oxygen atoms in total. The van der Waals surface area contributed by atoms with Gasteiger partial charge in [0.05, 0.1) is 0 Å². The topological polar surface area (TPSA) is 74.5 Å². The van der Waals surface area contributed by atoms with Crippen LogP contribution in [0.2, 0.25) is 0 Å². The SMILES string of the molecule is CCc1cc2n(c1)C(O)C(C(=O)O)=CN2. The van der Waals surface area contributed by atoms with Crippen molar-refractivity contribution in [1.82, 2.24) is 4.57 Å². The van der Waals surface area contributed by atoms with Crippen LogP contribution in [-0.2, 0) is 11.2 Å². The maximum Gasteiger partial charge on any atom is 0.337 e. The van der Waals surface area contributed by atoms with Crippen molar-refractivity contribution < 1.29 is 15.0 Å². The van der Waals surface area contributed by atoms with Gasteiger partial charge in [-0.25, -0.2) is 4.79 Å². The van der Waals surface area contributed by atoms with Crippen molar-refractivity contribution in [1.29, 1.82) is 0 Å². The number of carboxylic acids is 1. The first-order valence-corrected chi connectivity index (χ1v) is 4.72. The van der Waals surface area contributed by atoms with Crippen molar-refractivity contribution in [3.8, 4) is 0 Å². The van der Waals surface area contributed by atoms with Gasteiger partial charge in [-0.15, -0.1) is 0 Å². The predicted octanol–water partition coefficient (Wildman–Crippen LogP) is 0.935. The van der Waals surface area contributed by atoms with E-state index in [1.165, 1.54) is 10.8 Å². The average molecular weight is 208 g/mol. The van der Waals surface area contributed by atoms with Crippen molar-refractivity contribution in [2.45, 2.75) is 19.6 Å². The van der Waals surface area contributed by atoms with E-state index in [2.05, 4.69) is 5.32 Å². The second-order valence-corrected chi connectivity index (χ2v) is 3.42. The number of carboxylic acid groups (broad SMARTS) is 1. The lowest BCUT2D eigenvalue weighted by Gasteiger charge is -2.21. The number of nitrogens with one attached hydrogen (secondary N) is 1. The minimum absolute atomic E-state index is 0.0549. The van der Waals surface area contributed by atoms with Crippen LogP contribution in [0.5, 0.6) is 0 Å². The van der Waals surface area contributed by atoms with Crippen molar-refractivity contribution in [3.05, 3.63) is 29.6 Å². The highest BCUT2D eigenvalue weighted by atomic mass is 16.4. The van der Waals surface area contributed by atoms with E-state index in [0.29, 0.717) is 5.82 Å². The lowest BCUT2D eigenvalue weighted by molar-refractivity contribution is -0.134. The lowest BCUT2D eigenvalue weighted by Crippen LogP contribution is -2.22. The van der Waals surface area contributed by atoms with Gasteiger partial charge in [-0.3, -0.25) is 0 Å². The van der Waals surface area contributed by atoms with Gasteiger partial charge in [0, 0.05) is 12.4 Å². The molecule has 2 heterocycles. The zero-order valence-electron chi connectivity index (χ0n) is 8.27. The summed E-state index contributed by atoms with van der Waals surface area (Å²) in [6.07, 6.45) is 2.81. The largest absolute Gasteiger partial charge is 0.478 e. The number of nitrogens with zero attached hydrogens (tertiary/aromatic N) is 1. The first-order chi connectivity index (χ1) is 7.13. The Morgan fingerprint density at radius 2 is 2.40 bits per heavy atom. The summed E-state index contributed by atoms with van der Waals surface area (Å²) in [6, 6.07) is 1.89. The Bertz CT molecular complexity index is 434. The van der Waals surface area contributed by atoms with Crippen LogP contribution in [0.1, 0.15) is 18.7 Å². The maximum atomic E-state index is 10.8. The van der Waals surface area contributed by atoms with Gasteiger partial charge in [0.15, 0.2) is 6.23 Å². The van der Waals surface area contributed by atoms with Gasteiger partial charge in [0.2, 0.25) is 0 Å². The zero-order chi connectivity index (χ0) is 11.0. The van der Waals surface area contributed by atoms with Crippen molar-refractivity contribution in [2.24, 2.45) is 0 Å². The highest BCUT2D eigenvalue weighted by Crippen LogP contribution is 2.27. The molecule has 1 atom stereocenters. The summed E-state index contributed by atoms with van der Waals surface area (Å²) >= 11 is 0. The van der Waals surface area contributed by atoms with Gasteiger partial charge in [-0.1, -0.05) is 6.92 Å². The molecule has 3 N–H and O–H groups in total. The summed E-state index contributed by atoms with van der Waals surface area (Å²) in [6.45, 7) is 2.00. The molecule has 2 rings (SSSR count). The third-order valence-corrected chi connectivity index (χ3v) is 2.48. The van der Waals surface area contributed by atoms with E-state index >= 15 is 0 Å². The molecule has 5 heteroatoms. The van der Waals surface area contributed by atoms with Crippen LogP contribution < -0.4 is 5.32 Å². The quantitative estimate of drug-likeness (QED) is 0.676. The Hall–Kier alpha value is -1.75. The zero-order valence-corrected chi connectivity index (χ0v) is 8.27. The van der Waals surface area contributed by atoms with E-state index < -0.39 is 12.2 Å². The molecule has 1 aliphatic rings. The minimum Gasteiger partial charge on any atom is -0.478 e. The number of hydrogen-bond acceptors (Lipinski definition) is 3. The fourth-order valence-corrected chi connectivity index (χ4v) is 1.60. The molecule has 0 spiro atoms. The molecule has 15 heavy (non-hydrogen) atoms. The van der Waals surface area contributed by atoms with E-state index in [1.807, 2.05) is 13.0 Å². The van der Waals surface area contributed by atoms with E-state index in [-0.39, 0.29) is 5.57 Å². The number of aromatic nitrogens is 1. The molecule has 0 fully saturated rings. The van der Waals surface area contributed by atoms with Crippen LogP contribution >= 0.6 is 0 Å². The van der Waals surface area contributed by atoms with E-state index in [1.54, 1.807) is 6.20 Å². The molecule has 0 amide bonds. The molecular formula is C10H12N2O3. The summed E-state index contributed by atoms with van der Waals surface area (Å²) in [5, 5.41) is 21.4. The molecule has 0 bridgehead atoms. The number of aliphatic hydroxyl groups excluding tert-OH is 1. The number of rotatable bonds is 2. The van der Waals surface area contributed by atoms with Crippen molar-refractivity contribution in [2.75, 3.05) is 5.32 Å². The standard InChI is InChI=1S/C10H12N2O3/c1-2-6-3-8-11-4-7(10(14)15)9(13)12(8)5-6/h3-5,9,11,13H,2H2,1H3,(H,14,15). The molecule has 0 aliphatic carbocycles. The summed E-state index contributed by atoms with van der Waals surface area (Å²) < 4.78 is 1.52. The molecule has 1 aliphatic heterocycles. The number of fused-ring (bicyclic) bond motifs is 1. The maximum absolute atomic E-state index is 10.8. The van der Waals surface area contributed by atoms with E-state index in [0.717, 1.165) is 12.0 Å². The number of aliphatic hydroxyl groups is 1. The molecular weight excluding hydrogens is 196 g/mol. The van der Waals surface area contributed by atoms with Crippen molar-refractivity contribution in [3.63, 3.8) is 0 Å². The van der Waals surface area contributed by atoms with E-state index in [9.17, 15) is 9.90 Å². The van der Waals surface area contributed by atoms with Gasteiger partial charge in [-0.2, -0.15) is 0 Å². The summed E-state index contributed by atoms with van der Waals surface area (Å²) in [5.41, 5.74) is 0.998. The van der Waals surface area contributed by atoms with Gasteiger partial charge in [-0.05, 0) is 18.1 Å². The average Bonchev–Trinajstić information content (AvgIpc) is 2.61. The number of hydrogen-bond donors (Lipinski definition) is 3. The van der Waals surface area contributed by atoms with Crippen LogP contribution in [-0.4, -0.2) is 20.7 Å². The molecule has 0 aromatic carbocycles. The Kier molecular flexibility index (Phi) is 2.24. The minimum atomic E-state index is -1.12. The molecule has 1 aromatic rings. The fraction of sp³-hybridized carbons (Fsp3) is 0.300. The van der Waals surface area contributed by atoms with Gasteiger partial charge >= 0.3 is 5.97 Å². The Morgan fingerprint density at radius 3 is 3.00 bits per heavy atom. The Morgan fingerprint density at radius 1 is 1.67 bits per heavy atom. The first kappa shape index (κ1) is 9.79. The number of aryl methyl sites for hydroxylation is 1. The monoisotopic (exact) mass is 208 g/mol. The lowest BCUT2D eigenvalue weighted by atomic mass is 10.2. The normalized spacial score (nSPS) is 19.1. The van der Waals surface area contributed by atoms with Crippen LogP contribution in [0.3, 0.4) is 0 Å². The highest BCUT2D eigenvalue weighted by molar-refractivity contribution is 5.88. The van der Waals surface area contributed by atoms with E-state index in [4.69, 9.17) is 5.11 Å². The second-order valence-electron chi connectivity index (χ2n) is 3.42. The van der Waals surface area contributed by atoms with Gasteiger partial charge < -0.3 is 20.1 Å². The van der Waals surface area contributed by atoms with Gasteiger partial charge in [0.1, 0.15) is 11.4 Å². The summed E-state index contributed by atoms with van der Waals surface area (Å²) in [7, 11) is 0. The molecule has 0 saturated heterocycles. The molecule has 80 valence electrons. The van der Waals surface area contributed by atoms with Crippen LogP contribution in [0.4, 0.5) is 5.82 Å². The molecule has 1 aromatic heterocycles. The number of aliphatic carboxylic acids is 1. The number of anilines is 1. The highest BCUT2D eigenvalue weighted by Gasteiger charge is 2.25. The Balaban J connectivity index is 2.38. The van der Waals surface area contributed by atoms with Crippen LogP contribution in [0, 0.1) is 0 Å². The third kappa shape index (κ3) is 1.50. The van der Waals surface area contributed by atoms with Gasteiger partial charge in [0.25, 0.3) is 0 Å². The predicted molar refractivity (Wildman–Crippen MR) is 54.4 cm³/mol. The summed E-state index contributed by atoms with van der Waals surface area (Å²) in [4.78, 5) is 10.8. The first-order valence-electron chi connectivity index (χ1n) is 4.72. The van der Waals surface area contributed by atoms with Crippen LogP contribution in [0.15, 0.2) is 24.0 Å². The van der Waals surface area contributed by atoms with Crippen LogP contribution in [0.25, 0.3) is 0 Å².